The van der Waals surface area contributed by atoms with Crippen LogP contribution in [0.15, 0.2) is 12.1 Å². The Bertz CT molecular complexity index is 452. The Morgan fingerprint density at radius 1 is 1.05 bits per heavy atom. The summed E-state index contributed by atoms with van der Waals surface area (Å²) < 4.78 is 0. The van der Waals surface area contributed by atoms with Gasteiger partial charge in [0.05, 0.1) is 0 Å². The van der Waals surface area contributed by atoms with E-state index < -0.39 is 0 Å². The maximum absolute atomic E-state index is 6.54. The van der Waals surface area contributed by atoms with E-state index in [0.717, 1.165) is 12.3 Å². The van der Waals surface area contributed by atoms with Gasteiger partial charge in [0.1, 0.15) is 0 Å². The van der Waals surface area contributed by atoms with Crippen molar-refractivity contribution in [3.63, 3.8) is 0 Å². The van der Waals surface area contributed by atoms with Crippen LogP contribution in [0.25, 0.3) is 0 Å². The molecule has 1 aromatic rings. The molecule has 0 bridgehead atoms. The molecule has 2 N–H and O–H groups in total. The van der Waals surface area contributed by atoms with Gasteiger partial charge >= 0.3 is 0 Å². The zero-order valence-corrected chi connectivity index (χ0v) is 14.6. The highest BCUT2D eigenvalue weighted by atomic mass is 14.6. The molecule has 0 heterocycles. The maximum atomic E-state index is 6.54. The fourth-order valence-electron chi connectivity index (χ4n) is 3.71. The molecule has 0 aliphatic heterocycles. The number of benzene rings is 1. The molecule has 2 rings (SSSR count). The number of rotatable bonds is 3. The van der Waals surface area contributed by atoms with Crippen LogP contribution in [0.4, 0.5) is 0 Å². The van der Waals surface area contributed by atoms with Crippen molar-refractivity contribution in [2.45, 2.75) is 84.6 Å². The summed E-state index contributed by atoms with van der Waals surface area (Å²) in [5.41, 5.74) is 12.5. The van der Waals surface area contributed by atoms with Crippen LogP contribution in [-0.2, 0) is 11.8 Å². The first-order valence-electron chi connectivity index (χ1n) is 8.65. The average molecular weight is 287 g/mol. The summed E-state index contributed by atoms with van der Waals surface area (Å²) in [6.45, 7) is 11.4. The van der Waals surface area contributed by atoms with Crippen LogP contribution < -0.4 is 5.73 Å². The molecule has 0 spiro atoms. The number of nitrogens with two attached hydrogens (primary N) is 1. The number of aryl methyl sites for hydroxylation is 2. The second kappa shape index (κ2) is 6.52. The van der Waals surface area contributed by atoms with Crippen LogP contribution in [-0.4, -0.2) is 6.04 Å². The lowest BCUT2D eigenvalue weighted by molar-refractivity contribution is 0.303. The highest BCUT2D eigenvalue weighted by Gasteiger charge is 2.23. The minimum absolute atomic E-state index is 0.222. The first-order chi connectivity index (χ1) is 9.79. The Kier molecular flexibility index (Phi) is 5.14. The molecule has 0 saturated heterocycles. The molecule has 1 aliphatic rings. The number of hydrogen-bond donors (Lipinski definition) is 1. The summed E-state index contributed by atoms with van der Waals surface area (Å²) >= 11 is 0. The average Bonchev–Trinajstić information content (AvgIpc) is 2.42. The summed E-state index contributed by atoms with van der Waals surface area (Å²) in [7, 11) is 0. The van der Waals surface area contributed by atoms with Gasteiger partial charge in [-0.2, -0.15) is 0 Å². The van der Waals surface area contributed by atoms with Crippen molar-refractivity contribution in [3.8, 4) is 0 Å². The molecule has 1 unspecified atom stereocenters. The van der Waals surface area contributed by atoms with Gasteiger partial charge in [-0.25, -0.2) is 0 Å². The molecule has 1 fully saturated rings. The van der Waals surface area contributed by atoms with Crippen molar-refractivity contribution in [3.05, 3.63) is 34.4 Å². The van der Waals surface area contributed by atoms with Crippen LogP contribution in [0.2, 0.25) is 0 Å². The molecule has 0 amide bonds. The molecular weight excluding hydrogens is 254 g/mol. The van der Waals surface area contributed by atoms with Crippen molar-refractivity contribution in [2.24, 2.45) is 11.7 Å². The van der Waals surface area contributed by atoms with Crippen molar-refractivity contribution in [1.29, 1.82) is 0 Å². The summed E-state index contributed by atoms with van der Waals surface area (Å²) in [6, 6.07) is 5.08. The van der Waals surface area contributed by atoms with Gasteiger partial charge in [0.15, 0.2) is 0 Å². The van der Waals surface area contributed by atoms with E-state index in [-0.39, 0.29) is 5.41 Å². The third-order valence-corrected chi connectivity index (χ3v) is 5.26. The van der Waals surface area contributed by atoms with Gasteiger partial charge in [-0.15, -0.1) is 0 Å². The third kappa shape index (κ3) is 4.10. The molecule has 0 aromatic heterocycles. The first-order valence-corrected chi connectivity index (χ1v) is 8.65. The SMILES string of the molecule is Cc1cc(C(C)(C)C)cc(C)c1CC(N)C1CCCCC1. The van der Waals surface area contributed by atoms with E-state index in [1.165, 1.54) is 54.4 Å². The Morgan fingerprint density at radius 2 is 1.57 bits per heavy atom. The van der Waals surface area contributed by atoms with Crippen molar-refractivity contribution >= 4 is 0 Å². The third-order valence-electron chi connectivity index (χ3n) is 5.26. The lowest BCUT2D eigenvalue weighted by Gasteiger charge is -2.29. The van der Waals surface area contributed by atoms with Gasteiger partial charge in [-0.3, -0.25) is 0 Å². The molecular formula is C20H33N. The van der Waals surface area contributed by atoms with E-state index in [0.29, 0.717) is 6.04 Å². The molecule has 1 aromatic carbocycles. The quantitative estimate of drug-likeness (QED) is 0.827. The van der Waals surface area contributed by atoms with Crippen LogP contribution >= 0.6 is 0 Å². The van der Waals surface area contributed by atoms with E-state index in [9.17, 15) is 0 Å². The lowest BCUT2D eigenvalue weighted by Crippen LogP contribution is -2.34. The fraction of sp³-hybridized carbons (Fsp3) is 0.700. The predicted molar refractivity (Wildman–Crippen MR) is 92.9 cm³/mol. The zero-order chi connectivity index (χ0) is 15.6. The summed E-state index contributed by atoms with van der Waals surface area (Å²) in [6.07, 6.45) is 7.87. The smallest absolute Gasteiger partial charge is 0.0108 e. The van der Waals surface area contributed by atoms with Gasteiger partial charge in [-0.05, 0) is 66.7 Å². The molecule has 1 atom stereocenters. The topological polar surface area (TPSA) is 26.0 Å². The van der Waals surface area contributed by atoms with E-state index in [1.54, 1.807) is 0 Å². The van der Waals surface area contributed by atoms with E-state index in [2.05, 4.69) is 46.8 Å². The Labute approximate surface area is 131 Å². The molecule has 118 valence electrons. The monoisotopic (exact) mass is 287 g/mol. The molecule has 1 heteroatoms. The Balaban J connectivity index is 2.16. The highest BCUT2D eigenvalue weighted by molar-refractivity contribution is 5.41. The predicted octanol–water partition coefficient (Wildman–Crippen LogP) is 5.05. The summed E-state index contributed by atoms with van der Waals surface area (Å²) in [4.78, 5) is 0. The normalized spacial score (nSPS) is 18.8. The summed E-state index contributed by atoms with van der Waals surface area (Å²) in [5.74, 6) is 0.736. The summed E-state index contributed by atoms with van der Waals surface area (Å²) in [5, 5.41) is 0. The van der Waals surface area contributed by atoms with Gasteiger partial charge in [0, 0.05) is 6.04 Å². The first kappa shape index (κ1) is 16.5. The van der Waals surface area contributed by atoms with Crippen LogP contribution in [0.3, 0.4) is 0 Å². The minimum atomic E-state index is 0.222. The Hall–Kier alpha value is -0.820. The standard InChI is InChI=1S/C20H33N/c1-14-11-17(20(3,4)5)12-15(2)18(14)13-19(21)16-9-7-6-8-10-16/h11-12,16,19H,6-10,13,21H2,1-5H3. The second-order valence-corrected chi connectivity index (χ2v) is 8.10. The molecule has 0 radical (unpaired) electrons. The van der Waals surface area contributed by atoms with Crippen molar-refractivity contribution in [1.82, 2.24) is 0 Å². The fourth-order valence-corrected chi connectivity index (χ4v) is 3.71. The molecule has 1 nitrogen and oxygen atoms in total. The van der Waals surface area contributed by atoms with Gasteiger partial charge in [0.2, 0.25) is 0 Å². The maximum Gasteiger partial charge on any atom is 0.0108 e. The van der Waals surface area contributed by atoms with Crippen molar-refractivity contribution < 1.29 is 0 Å². The molecule has 1 aliphatic carbocycles. The van der Waals surface area contributed by atoms with Gasteiger partial charge in [-0.1, -0.05) is 52.2 Å². The molecule has 1 saturated carbocycles. The largest absolute Gasteiger partial charge is 0.327 e. The van der Waals surface area contributed by atoms with Gasteiger partial charge < -0.3 is 5.73 Å². The number of hydrogen-bond acceptors (Lipinski definition) is 1. The minimum Gasteiger partial charge on any atom is -0.327 e. The van der Waals surface area contributed by atoms with Crippen LogP contribution in [0.1, 0.15) is 75.1 Å². The van der Waals surface area contributed by atoms with Gasteiger partial charge in [0.25, 0.3) is 0 Å². The second-order valence-electron chi connectivity index (χ2n) is 8.10. The zero-order valence-electron chi connectivity index (χ0n) is 14.6. The molecule has 21 heavy (non-hydrogen) atoms. The van der Waals surface area contributed by atoms with Crippen LogP contribution in [0, 0.1) is 19.8 Å². The highest BCUT2D eigenvalue weighted by Crippen LogP contribution is 2.30. The van der Waals surface area contributed by atoms with Crippen LogP contribution in [0.5, 0.6) is 0 Å². The lowest BCUT2D eigenvalue weighted by atomic mass is 9.79. The van der Waals surface area contributed by atoms with E-state index >= 15 is 0 Å². The van der Waals surface area contributed by atoms with E-state index in [1.807, 2.05) is 0 Å². The van der Waals surface area contributed by atoms with Crippen molar-refractivity contribution in [2.75, 3.05) is 0 Å². The van der Waals surface area contributed by atoms with E-state index in [4.69, 9.17) is 5.73 Å². The Morgan fingerprint density at radius 3 is 2.05 bits per heavy atom.